The lowest BCUT2D eigenvalue weighted by molar-refractivity contribution is -0.120. The Labute approximate surface area is 148 Å². The van der Waals surface area contributed by atoms with E-state index < -0.39 is 5.60 Å². The summed E-state index contributed by atoms with van der Waals surface area (Å²) < 4.78 is 11.4. The average Bonchev–Trinajstić information content (AvgIpc) is 3.01. The highest BCUT2D eigenvalue weighted by Crippen LogP contribution is 2.24. The van der Waals surface area contributed by atoms with Gasteiger partial charge in [0.25, 0.3) is 0 Å². The monoisotopic (exact) mass is 349 g/mol. The van der Waals surface area contributed by atoms with Gasteiger partial charge < -0.3 is 14.4 Å². The highest BCUT2D eigenvalue weighted by molar-refractivity contribution is 5.78. The predicted molar refractivity (Wildman–Crippen MR) is 93.9 cm³/mol. The van der Waals surface area contributed by atoms with Gasteiger partial charge in [-0.2, -0.15) is 0 Å². The molecule has 7 nitrogen and oxygen atoms in total. The third-order valence-corrected chi connectivity index (χ3v) is 3.92. The van der Waals surface area contributed by atoms with Crippen LogP contribution in [0.3, 0.4) is 0 Å². The molecule has 1 fully saturated rings. The summed E-state index contributed by atoms with van der Waals surface area (Å²) in [6.07, 6.45) is 1.62. The molecule has 1 aliphatic rings. The van der Waals surface area contributed by atoms with Gasteiger partial charge in [0.1, 0.15) is 18.0 Å². The number of nitrogens with zero attached hydrogens (tertiary/aromatic N) is 1. The first-order valence-corrected chi connectivity index (χ1v) is 8.50. The molecule has 1 heterocycles. The van der Waals surface area contributed by atoms with Crippen LogP contribution in [0.4, 0.5) is 4.79 Å². The zero-order valence-electron chi connectivity index (χ0n) is 15.1. The van der Waals surface area contributed by atoms with E-state index in [9.17, 15) is 9.59 Å². The highest BCUT2D eigenvalue weighted by atomic mass is 16.6. The Morgan fingerprint density at radius 3 is 2.72 bits per heavy atom. The van der Waals surface area contributed by atoms with Gasteiger partial charge in [0.15, 0.2) is 0 Å². The van der Waals surface area contributed by atoms with E-state index in [1.165, 1.54) is 0 Å². The number of benzene rings is 1. The third-order valence-electron chi connectivity index (χ3n) is 3.92. The molecule has 0 unspecified atom stereocenters. The third kappa shape index (κ3) is 5.63. The van der Waals surface area contributed by atoms with E-state index in [-0.39, 0.29) is 24.5 Å². The number of carbonyl (C=O) groups is 2. The van der Waals surface area contributed by atoms with E-state index in [2.05, 4.69) is 5.43 Å². The number of hydrogen-bond acceptors (Lipinski definition) is 5. The molecule has 2 amide bonds. The molecule has 7 heteroatoms. The Balaban J connectivity index is 1.98. The molecule has 0 saturated carbocycles. The number of rotatable bonds is 5. The van der Waals surface area contributed by atoms with Crippen molar-refractivity contribution < 1.29 is 19.1 Å². The first-order valence-electron chi connectivity index (χ1n) is 8.50. The summed E-state index contributed by atoms with van der Waals surface area (Å²) in [6, 6.07) is 7.29. The molecule has 1 saturated heterocycles. The van der Waals surface area contributed by atoms with Gasteiger partial charge in [-0.1, -0.05) is 18.2 Å². The van der Waals surface area contributed by atoms with Gasteiger partial charge in [-0.15, -0.1) is 0 Å². The number of carbonyl (C=O) groups excluding carboxylic acids is 2. The minimum Gasteiger partial charge on any atom is -0.491 e. The van der Waals surface area contributed by atoms with Crippen LogP contribution in [0.2, 0.25) is 0 Å². The number of para-hydroxylation sites is 1. The molecule has 1 aromatic rings. The number of hydrogen-bond donors (Lipinski definition) is 2. The maximum atomic E-state index is 12.3. The van der Waals surface area contributed by atoms with E-state index in [4.69, 9.17) is 15.3 Å². The minimum absolute atomic E-state index is 0.0359. The topological polar surface area (TPSA) is 93.9 Å². The summed E-state index contributed by atoms with van der Waals surface area (Å²) in [7, 11) is 0. The van der Waals surface area contributed by atoms with E-state index in [0.29, 0.717) is 18.9 Å². The Hall–Kier alpha value is -2.28. The van der Waals surface area contributed by atoms with Crippen molar-refractivity contribution in [3.05, 3.63) is 29.8 Å². The molecule has 0 aromatic heterocycles. The molecular weight excluding hydrogens is 322 g/mol. The lowest BCUT2D eigenvalue weighted by Crippen LogP contribution is -2.42. The second-order valence-electron chi connectivity index (χ2n) is 7.13. The molecule has 138 valence electrons. The quantitative estimate of drug-likeness (QED) is 0.482. The predicted octanol–water partition coefficient (Wildman–Crippen LogP) is 2.00. The Morgan fingerprint density at radius 1 is 1.32 bits per heavy atom. The van der Waals surface area contributed by atoms with Crippen molar-refractivity contribution in [2.75, 3.05) is 13.2 Å². The highest BCUT2D eigenvalue weighted by Gasteiger charge is 2.32. The van der Waals surface area contributed by atoms with Gasteiger partial charge >= 0.3 is 6.09 Å². The maximum Gasteiger partial charge on any atom is 0.410 e. The lowest BCUT2D eigenvalue weighted by atomic mass is 10.1. The van der Waals surface area contributed by atoms with Gasteiger partial charge in [-0.05, 0) is 39.7 Å². The van der Waals surface area contributed by atoms with Crippen molar-refractivity contribution in [1.82, 2.24) is 10.3 Å². The second-order valence-corrected chi connectivity index (χ2v) is 7.13. The number of nitrogens with one attached hydrogen (secondary N) is 1. The minimum atomic E-state index is -0.521. The second kappa shape index (κ2) is 8.20. The van der Waals surface area contributed by atoms with Crippen molar-refractivity contribution >= 4 is 12.0 Å². The fourth-order valence-electron chi connectivity index (χ4n) is 2.77. The van der Waals surface area contributed by atoms with E-state index in [1.807, 2.05) is 45.0 Å². The van der Waals surface area contributed by atoms with Crippen molar-refractivity contribution in [2.24, 2.45) is 5.84 Å². The zero-order chi connectivity index (χ0) is 18.4. The van der Waals surface area contributed by atoms with Crippen LogP contribution >= 0.6 is 0 Å². The van der Waals surface area contributed by atoms with Gasteiger partial charge in [0.2, 0.25) is 5.91 Å². The van der Waals surface area contributed by atoms with Crippen molar-refractivity contribution in [3.63, 3.8) is 0 Å². The van der Waals surface area contributed by atoms with Crippen LogP contribution in [0.25, 0.3) is 0 Å². The molecule has 1 aliphatic heterocycles. The molecule has 0 aliphatic carbocycles. The summed E-state index contributed by atoms with van der Waals surface area (Å²) in [5, 5.41) is 0. The summed E-state index contributed by atoms with van der Waals surface area (Å²) >= 11 is 0. The average molecular weight is 349 g/mol. The number of hydrazine groups is 1. The van der Waals surface area contributed by atoms with Gasteiger partial charge in [0.05, 0.1) is 12.5 Å². The summed E-state index contributed by atoms with van der Waals surface area (Å²) in [4.78, 5) is 25.5. The number of likely N-dealkylation sites (tertiary alicyclic amines) is 1. The van der Waals surface area contributed by atoms with Crippen molar-refractivity contribution in [2.45, 2.75) is 51.7 Å². The normalized spacial score (nSPS) is 17.3. The van der Waals surface area contributed by atoms with Crippen LogP contribution in [0.15, 0.2) is 24.3 Å². The van der Waals surface area contributed by atoms with E-state index in [0.717, 1.165) is 18.4 Å². The molecule has 1 aromatic carbocycles. The Kier molecular flexibility index (Phi) is 6.25. The molecule has 0 spiro atoms. The standard InChI is InChI=1S/C18H27N3O4/c1-18(2,3)25-17(23)21-10-6-8-14(21)12-24-15-9-5-4-7-13(15)11-16(22)20-19/h4-5,7,9,14H,6,8,10-12,19H2,1-3H3,(H,20,22)/t14-/m0/s1. The largest absolute Gasteiger partial charge is 0.491 e. The number of amides is 2. The zero-order valence-corrected chi connectivity index (χ0v) is 15.1. The fourth-order valence-corrected chi connectivity index (χ4v) is 2.77. The van der Waals surface area contributed by atoms with Crippen LogP contribution in [0, 0.1) is 0 Å². The molecule has 0 radical (unpaired) electrons. The van der Waals surface area contributed by atoms with E-state index in [1.54, 1.807) is 4.90 Å². The SMILES string of the molecule is CC(C)(C)OC(=O)N1CCC[C@H]1COc1ccccc1CC(=O)NN. The molecular formula is C18H27N3O4. The van der Waals surface area contributed by atoms with Gasteiger partial charge in [0, 0.05) is 12.1 Å². The molecule has 0 bridgehead atoms. The summed E-state index contributed by atoms with van der Waals surface area (Å²) in [5.74, 6) is 5.49. The van der Waals surface area contributed by atoms with Crippen molar-refractivity contribution in [3.8, 4) is 5.75 Å². The van der Waals surface area contributed by atoms with Gasteiger partial charge in [-0.3, -0.25) is 10.2 Å². The van der Waals surface area contributed by atoms with Gasteiger partial charge in [-0.25, -0.2) is 10.6 Å². The number of ether oxygens (including phenoxy) is 2. The first-order chi connectivity index (χ1) is 11.8. The fraction of sp³-hybridized carbons (Fsp3) is 0.556. The van der Waals surface area contributed by atoms with Crippen LogP contribution in [-0.4, -0.2) is 41.7 Å². The molecule has 2 rings (SSSR count). The first kappa shape index (κ1) is 19.1. The van der Waals surface area contributed by atoms with Crippen LogP contribution < -0.4 is 16.0 Å². The maximum absolute atomic E-state index is 12.3. The molecule has 1 atom stereocenters. The van der Waals surface area contributed by atoms with E-state index >= 15 is 0 Å². The van der Waals surface area contributed by atoms with Crippen LogP contribution in [-0.2, 0) is 16.0 Å². The molecule has 3 N–H and O–H groups in total. The Bertz CT molecular complexity index is 613. The molecule has 25 heavy (non-hydrogen) atoms. The summed E-state index contributed by atoms with van der Waals surface area (Å²) in [5.41, 5.74) is 2.35. The number of nitrogens with two attached hydrogens (primary N) is 1. The van der Waals surface area contributed by atoms with Crippen LogP contribution in [0.1, 0.15) is 39.2 Å². The lowest BCUT2D eigenvalue weighted by Gasteiger charge is -2.28. The van der Waals surface area contributed by atoms with Crippen LogP contribution in [0.5, 0.6) is 5.75 Å². The smallest absolute Gasteiger partial charge is 0.410 e. The van der Waals surface area contributed by atoms with Crippen molar-refractivity contribution in [1.29, 1.82) is 0 Å². The Morgan fingerprint density at radius 2 is 2.04 bits per heavy atom. The summed E-state index contributed by atoms with van der Waals surface area (Å²) in [6.45, 7) is 6.59.